The molecule has 2 aromatic carbocycles. The summed E-state index contributed by atoms with van der Waals surface area (Å²) in [7, 11) is -3.76. The van der Waals surface area contributed by atoms with Gasteiger partial charge in [0.1, 0.15) is 5.82 Å². The van der Waals surface area contributed by atoms with Gasteiger partial charge in [-0.15, -0.1) is 0 Å². The summed E-state index contributed by atoms with van der Waals surface area (Å²) in [6.07, 6.45) is 1.95. The Morgan fingerprint density at radius 1 is 1.08 bits per heavy atom. The van der Waals surface area contributed by atoms with E-state index in [-0.39, 0.29) is 23.2 Å². The molecule has 0 atom stereocenters. The molecule has 7 heteroatoms. The molecule has 0 aliphatic carbocycles. The van der Waals surface area contributed by atoms with Crippen LogP contribution in [-0.4, -0.2) is 32.3 Å². The Morgan fingerprint density at radius 2 is 1.76 bits per heavy atom. The number of rotatable bonds is 5. The topological polar surface area (TPSA) is 66.5 Å². The first-order valence-corrected chi connectivity index (χ1v) is 9.57. The zero-order valence-electron chi connectivity index (χ0n) is 13.6. The third-order valence-corrected chi connectivity index (χ3v) is 5.56. The lowest BCUT2D eigenvalue weighted by atomic mass is 10.2. The number of likely N-dealkylation sites (tertiary alicyclic amines) is 1. The van der Waals surface area contributed by atoms with Gasteiger partial charge in [0.05, 0.1) is 4.90 Å². The van der Waals surface area contributed by atoms with E-state index < -0.39 is 10.0 Å². The molecule has 1 saturated heterocycles. The van der Waals surface area contributed by atoms with Gasteiger partial charge in [-0.25, -0.2) is 17.5 Å². The van der Waals surface area contributed by atoms with Crippen LogP contribution in [0.3, 0.4) is 0 Å². The summed E-state index contributed by atoms with van der Waals surface area (Å²) in [5.74, 6) is -0.521. The molecule has 0 spiro atoms. The van der Waals surface area contributed by atoms with E-state index in [2.05, 4.69) is 4.72 Å². The van der Waals surface area contributed by atoms with Crippen LogP contribution >= 0.6 is 0 Å². The molecular formula is C18H19FN2O3S. The molecule has 1 aliphatic heterocycles. The fourth-order valence-corrected chi connectivity index (χ4v) is 3.83. The van der Waals surface area contributed by atoms with Crippen LogP contribution in [-0.2, 0) is 16.6 Å². The molecule has 2 aromatic rings. The van der Waals surface area contributed by atoms with E-state index in [0.717, 1.165) is 12.8 Å². The van der Waals surface area contributed by atoms with Crippen LogP contribution in [0.2, 0.25) is 0 Å². The summed E-state index contributed by atoms with van der Waals surface area (Å²) >= 11 is 0. The minimum Gasteiger partial charge on any atom is -0.339 e. The molecule has 0 bridgehead atoms. The lowest BCUT2D eigenvalue weighted by molar-refractivity contribution is 0.0792. The van der Waals surface area contributed by atoms with Crippen molar-refractivity contribution < 1.29 is 17.6 Å². The zero-order chi connectivity index (χ0) is 17.9. The normalized spacial score (nSPS) is 14.7. The van der Waals surface area contributed by atoms with Gasteiger partial charge >= 0.3 is 0 Å². The van der Waals surface area contributed by atoms with Gasteiger partial charge in [0.2, 0.25) is 10.0 Å². The quantitative estimate of drug-likeness (QED) is 0.889. The first-order chi connectivity index (χ1) is 12.0. The van der Waals surface area contributed by atoms with Crippen molar-refractivity contribution in [2.75, 3.05) is 13.1 Å². The van der Waals surface area contributed by atoms with E-state index in [1.165, 1.54) is 36.4 Å². The molecule has 25 heavy (non-hydrogen) atoms. The Hall–Kier alpha value is -2.25. The molecule has 0 saturated carbocycles. The summed E-state index contributed by atoms with van der Waals surface area (Å²) in [5, 5.41) is 0. The second kappa shape index (κ2) is 7.33. The van der Waals surface area contributed by atoms with Crippen LogP contribution in [0, 0.1) is 5.82 Å². The summed E-state index contributed by atoms with van der Waals surface area (Å²) in [4.78, 5) is 14.2. The first-order valence-electron chi connectivity index (χ1n) is 8.09. The van der Waals surface area contributed by atoms with E-state index >= 15 is 0 Å². The Balaban J connectivity index is 1.74. The standard InChI is InChI=1S/C18H19FN2O3S/c19-16-8-6-14(7-9-16)13-20-25(23,24)17-5-3-4-15(12-17)18(22)21-10-1-2-11-21/h3-9,12,20H,1-2,10-11,13H2. The lowest BCUT2D eigenvalue weighted by Gasteiger charge is -2.15. The highest BCUT2D eigenvalue weighted by atomic mass is 32.2. The Bertz CT molecular complexity index is 860. The maximum atomic E-state index is 12.9. The third-order valence-electron chi connectivity index (χ3n) is 4.16. The van der Waals surface area contributed by atoms with Crippen LogP contribution in [0.5, 0.6) is 0 Å². The molecule has 0 radical (unpaired) electrons. The number of hydrogen-bond donors (Lipinski definition) is 1. The van der Waals surface area contributed by atoms with Crippen molar-refractivity contribution in [3.63, 3.8) is 0 Å². The second-order valence-electron chi connectivity index (χ2n) is 5.98. The molecule has 1 aliphatic rings. The molecule has 1 N–H and O–H groups in total. The summed E-state index contributed by atoms with van der Waals surface area (Å²) < 4.78 is 40.3. The van der Waals surface area contributed by atoms with Gasteiger partial charge in [-0.3, -0.25) is 4.79 Å². The Kier molecular flexibility index (Phi) is 5.15. The lowest BCUT2D eigenvalue weighted by Crippen LogP contribution is -2.28. The number of nitrogens with zero attached hydrogens (tertiary/aromatic N) is 1. The van der Waals surface area contributed by atoms with Crippen LogP contribution < -0.4 is 4.72 Å². The van der Waals surface area contributed by atoms with E-state index in [1.54, 1.807) is 17.0 Å². The molecular weight excluding hydrogens is 343 g/mol. The van der Waals surface area contributed by atoms with Crippen molar-refractivity contribution in [1.29, 1.82) is 0 Å². The van der Waals surface area contributed by atoms with Crippen molar-refractivity contribution in [3.8, 4) is 0 Å². The molecule has 0 unspecified atom stereocenters. The number of hydrogen-bond acceptors (Lipinski definition) is 3. The molecule has 132 valence electrons. The van der Waals surface area contributed by atoms with Crippen LogP contribution in [0.15, 0.2) is 53.4 Å². The third kappa shape index (κ3) is 4.24. The highest BCUT2D eigenvalue weighted by Crippen LogP contribution is 2.17. The second-order valence-corrected chi connectivity index (χ2v) is 7.75. The van der Waals surface area contributed by atoms with Gasteiger partial charge in [0.15, 0.2) is 0 Å². The van der Waals surface area contributed by atoms with E-state index in [9.17, 15) is 17.6 Å². The van der Waals surface area contributed by atoms with Gasteiger partial charge in [-0.2, -0.15) is 0 Å². The molecule has 1 amide bonds. The van der Waals surface area contributed by atoms with E-state index in [4.69, 9.17) is 0 Å². The molecule has 0 aromatic heterocycles. The van der Waals surface area contributed by atoms with Gasteiger partial charge in [0.25, 0.3) is 5.91 Å². The smallest absolute Gasteiger partial charge is 0.253 e. The predicted molar refractivity (Wildman–Crippen MR) is 92.0 cm³/mol. The maximum Gasteiger partial charge on any atom is 0.253 e. The average molecular weight is 362 g/mol. The van der Waals surface area contributed by atoms with Crippen LogP contribution in [0.4, 0.5) is 4.39 Å². The first kappa shape index (κ1) is 17.6. The summed E-state index contributed by atoms with van der Waals surface area (Å²) in [6, 6.07) is 11.6. The Morgan fingerprint density at radius 3 is 2.44 bits per heavy atom. The molecule has 3 rings (SSSR count). The highest BCUT2D eigenvalue weighted by Gasteiger charge is 2.21. The van der Waals surface area contributed by atoms with E-state index in [0.29, 0.717) is 24.2 Å². The number of amides is 1. The number of benzene rings is 2. The van der Waals surface area contributed by atoms with Gasteiger partial charge in [0, 0.05) is 25.2 Å². The average Bonchev–Trinajstić information content (AvgIpc) is 3.15. The fourth-order valence-electron chi connectivity index (χ4n) is 2.76. The highest BCUT2D eigenvalue weighted by molar-refractivity contribution is 7.89. The minimum absolute atomic E-state index is 0.0414. The largest absolute Gasteiger partial charge is 0.339 e. The molecule has 1 fully saturated rings. The van der Waals surface area contributed by atoms with Crippen LogP contribution in [0.1, 0.15) is 28.8 Å². The Labute approximate surface area is 146 Å². The number of nitrogens with one attached hydrogen (secondary N) is 1. The summed E-state index contributed by atoms with van der Waals surface area (Å²) in [5.41, 5.74) is 1.01. The summed E-state index contributed by atoms with van der Waals surface area (Å²) in [6.45, 7) is 1.46. The monoisotopic (exact) mass is 362 g/mol. The molecule has 5 nitrogen and oxygen atoms in total. The van der Waals surface area contributed by atoms with Crippen molar-refractivity contribution in [2.45, 2.75) is 24.3 Å². The van der Waals surface area contributed by atoms with Gasteiger partial charge < -0.3 is 4.90 Å². The SMILES string of the molecule is O=C(c1cccc(S(=O)(=O)NCc2ccc(F)cc2)c1)N1CCCC1. The number of halogens is 1. The van der Waals surface area contributed by atoms with Gasteiger partial charge in [-0.05, 0) is 48.7 Å². The number of carbonyl (C=O) groups excluding carboxylic acids is 1. The van der Waals surface area contributed by atoms with Crippen molar-refractivity contribution in [2.24, 2.45) is 0 Å². The predicted octanol–water partition coefficient (Wildman–Crippen LogP) is 2.54. The van der Waals surface area contributed by atoms with Gasteiger partial charge in [-0.1, -0.05) is 18.2 Å². The van der Waals surface area contributed by atoms with Crippen molar-refractivity contribution in [1.82, 2.24) is 9.62 Å². The van der Waals surface area contributed by atoms with Crippen LogP contribution in [0.25, 0.3) is 0 Å². The van der Waals surface area contributed by atoms with E-state index in [1.807, 2.05) is 0 Å². The number of carbonyl (C=O) groups is 1. The fraction of sp³-hybridized carbons (Fsp3) is 0.278. The maximum absolute atomic E-state index is 12.9. The van der Waals surface area contributed by atoms with Crippen molar-refractivity contribution >= 4 is 15.9 Å². The molecule has 1 heterocycles. The minimum atomic E-state index is -3.76. The van der Waals surface area contributed by atoms with Crippen molar-refractivity contribution in [3.05, 3.63) is 65.5 Å². The number of sulfonamides is 1. The zero-order valence-corrected chi connectivity index (χ0v) is 14.4.